The summed E-state index contributed by atoms with van der Waals surface area (Å²) in [7, 11) is 0. The fourth-order valence-electron chi connectivity index (χ4n) is 2.57. The number of aryl methyl sites for hydroxylation is 3. The highest BCUT2D eigenvalue weighted by atomic mass is 16.5. The molecule has 0 heterocycles. The van der Waals surface area contributed by atoms with Crippen molar-refractivity contribution < 1.29 is 14.3 Å². The SMILES string of the molecule is CC(=O)Nc1cccc(OCC(=O)Nc2c(C)cc(C)cc2C)c1. The van der Waals surface area contributed by atoms with Crippen molar-refractivity contribution in [2.75, 3.05) is 17.2 Å². The van der Waals surface area contributed by atoms with Gasteiger partial charge in [-0.25, -0.2) is 0 Å². The van der Waals surface area contributed by atoms with Crippen molar-refractivity contribution >= 4 is 23.2 Å². The Hall–Kier alpha value is -2.82. The van der Waals surface area contributed by atoms with E-state index in [2.05, 4.69) is 10.6 Å². The first kappa shape index (κ1) is 17.5. The van der Waals surface area contributed by atoms with Crippen LogP contribution in [-0.4, -0.2) is 18.4 Å². The van der Waals surface area contributed by atoms with E-state index in [9.17, 15) is 9.59 Å². The van der Waals surface area contributed by atoms with Crippen LogP contribution in [0.25, 0.3) is 0 Å². The van der Waals surface area contributed by atoms with Crippen LogP contribution in [0.2, 0.25) is 0 Å². The van der Waals surface area contributed by atoms with E-state index in [1.54, 1.807) is 24.3 Å². The summed E-state index contributed by atoms with van der Waals surface area (Å²) in [6.07, 6.45) is 0. The monoisotopic (exact) mass is 326 g/mol. The molecule has 0 aliphatic carbocycles. The first-order chi connectivity index (χ1) is 11.3. The van der Waals surface area contributed by atoms with Gasteiger partial charge in [0.15, 0.2) is 6.61 Å². The van der Waals surface area contributed by atoms with E-state index in [4.69, 9.17) is 4.74 Å². The summed E-state index contributed by atoms with van der Waals surface area (Å²) in [5.41, 5.74) is 4.66. The second-order valence-corrected chi connectivity index (χ2v) is 5.82. The molecule has 0 spiro atoms. The third-order valence-corrected chi connectivity index (χ3v) is 3.47. The van der Waals surface area contributed by atoms with Gasteiger partial charge in [-0.15, -0.1) is 0 Å². The molecule has 0 saturated heterocycles. The van der Waals surface area contributed by atoms with Gasteiger partial charge in [-0.1, -0.05) is 23.8 Å². The molecule has 2 aromatic carbocycles. The molecule has 0 radical (unpaired) electrons. The van der Waals surface area contributed by atoms with Gasteiger partial charge >= 0.3 is 0 Å². The zero-order chi connectivity index (χ0) is 17.7. The molecule has 0 unspecified atom stereocenters. The van der Waals surface area contributed by atoms with Gasteiger partial charge in [-0.3, -0.25) is 9.59 Å². The van der Waals surface area contributed by atoms with Gasteiger partial charge in [-0.2, -0.15) is 0 Å². The Kier molecular flexibility index (Phi) is 5.58. The van der Waals surface area contributed by atoms with Crippen LogP contribution in [0.15, 0.2) is 36.4 Å². The largest absolute Gasteiger partial charge is 0.484 e. The summed E-state index contributed by atoms with van der Waals surface area (Å²) in [4.78, 5) is 23.2. The Morgan fingerprint density at radius 2 is 1.67 bits per heavy atom. The van der Waals surface area contributed by atoms with Crippen LogP contribution in [0.1, 0.15) is 23.6 Å². The number of hydrogen-bond donors (Lipinski definition) is 2. The maximum atomic E-state index is 12.1. The number of rotatable bonds is 5. The van der Waals surface area contributed by atoms with Crippen molar-refractivity contribution in [1.82, 2.24) is 0 Å². The van der Waals surface area contributed by atoms with Crippen LogP contribution in [0, 0.1) is 20.8 Å². The molecule has 5 nitrogen and oxygen atoms in total. The number of amides is 2. The summed E-state index contributed by atoms with van der Waals surface area (Å²) >= 11 is 0. The molecule has 2 rings (SSSR count). The second kappa shape index (κ2) is 7.64. The molecule has 0 saturated carbocycles. The molecule has 0 fully saturated rings. The highest BCUT2D eigenvalue weighted by Crippen LogP contribution is 2.22. The summed E-state index contributed by atoms with van der Waals surface area (Å²) in [6.45, 7) is 7.29. The van der Waals surface area contributed by atoms with E-state index in [-0.39, 0.29) is 18.4 Å². The molecule has 2 N–H and O–H groups in total. The van der Waals surface area contributed by atoms with Crippen LogP contribution in [0.3, 0.4) is 0 Å². The van der Waals surface area contributed by atoms with E-state index in [1.165, 1.54) is 6.92 Å². The Bertz CT molecular complexity index is 746. The van der Waals surface area contributed by atoms with Crippen LogP contribution < -0.4 is 15.4 Å². The molecular formula is C19H22N2O3. The van der Waals surface area contributed by atoms with E-state index < -0.39 is 0 Å². The third-order valence-electron chi connectivity index (χ3n) is 3.47. The zero-order valence-electron chi connectivity index (χ0n) is 14.4. The van der Waals surface area contributed by atoms with Gasteiger partial charge in [0.1, 0.15) is 5.75 Å². The smallest absolute Gasteiger partial charge is 0.262 e. The van der Waals surface area contributed by atoms with Gasteiger partial charge < -0.3 is 15.4 Å². The maximum Gasteiger partial charge on any atom is 0.262 e. The van der Waals surface area contributed by atoms with Gasteiger partial charge in [-0.05, 0) is 44.0 Å². The lowest BCUT2D eigenvalue weighted by molar-refractivity contribution is -0.118. The number of nitrogens with one attached hydrogen (secondary N) is 2. The topological polar surface area (TPSA) is 67.4 Å². The van der Waals surface area contributed by atoms with E-state index in [1.807, 2.05) is 32.9 Å². The maximum absolute atomic E-state index is 12.1. The molecule has 5 heteroatoms. The summed E-state index contributed by atoms with van der Waals surface area (Å²) in [5.74, 6) is 0.138. The molecule has 24 heavy (non-hydrogen) atoms. The molecule has 0 aliphatic heterocycles. The second-order valence-electron chi connectivity index (χ2n) is 5.82. The molecule has 0 aromatic heterocycles. The molecule has 0 atom stereocenters. The average Bonchev–Trinajstić information content (AvgIpc) is 2.48. The first-order valence-corrected chi connectivity index (χ1v) is 7.73. The summed E-state index contributed by atoms with van der Waals surface area (Å²) < 4.78 is 5.50. The predicted molar refractivity (Wildman–Crippen MR) is 95.5 cm³/mol. The van der Waals surface area contributed by atoms with Gasteiger partial charge in [0, 0.05) is 24.4 Å². The van der Waals surface area contributed by atoms with E-state index in [0.717, 1.165) is 22.4 Å². The molecule has 126 valence electrons. The van der Waals surface area contributed by atoms with E-state index >= 15 is 0 Å². The molecular weight excluding hydrogens is 304 g/mol. The summed E-state index contributed by atoms with van der Waals surface area (Å²) in [5, 5.41) is 5.56. The molecule has 2 amide bonds. The predicted octanol–water partition coefficient (Wildman–Crippen LogP) is 3.59. The average molecular weight is 326 g/mol. The fourth-order valence-corrected chi connectivity index (χ4v) is 2.57. The minimum absolute atomic E-state index is 0.101. The number of carbonyl (C=O) groups is 2. The van der Waals surface area contributed by atoms with Gasteiger partial charge in [0.05, 0.1) is 0 Å². The van der Waals surface area contributed by atoms with Crippen molar-refractivity contribution in [3.63, 3.8) is 0 Å². The zero-order valence-corrected chi connectivity index (χ0v) is 14.4. The van der Waals surface area contributed by atoms with Crippen LogP contribution in [0.4, 0.5) is 11.4 Å². The lowest BCUT2D eigenvalue weighted by Crippen LogP contribution is -2.21. The number of hydrogen-bond acceptors (Lipinski definition) is 3. The van der Waals surface area contributed by atoms with Crippen LogP contribution in [0.5, 0.6) is 5.75 Å². The fraction of sp³-hybridized carbons (Fsp3) is 0.263. The Labute approximate surface area is 142 Å². The standard InChI is InChI=1S/C19H22N2O3/c1-12-8-13(2)19(14(3)9-12)21-18(23)11-24-17-7-5-6-16(10-17)20-15(4)22/h5-10H,11H2,1-4H3,(H,20,22)(H,21,23). The van der Waals surface area contributed by atoms with Crippen LogP contribution in [-0.2, 0) is 9.59 Å². The van der Waals surface area contributed by atoms with Gasteiger partial charge in [0.25, 0.3) is 5.91 Å². The molecule has 2 aromatic rings. The highest BCUT2D eigenvalue weighted by Gasteiger charge is 2.09. The van der Waals surface area contributed by atoms with Crippen molar-refractivity contribution in [3.05, 3.63) is 53.1 Å². The van der Waals surface area contributed by atoms with Crippen LogP contribution >= 0.6 is 0 Å². The van der Waals surface area contributed by atoms with Gasteiger partial charge in [0.2, 0.25) is 5.91 Å². The van der Waals surface area contributed by atoms with Crippen molar-refractivity contribution in [2.24, 2.45) is 0 Å². The Morgan fingerprint density at radius 1 is 1.00 bits per heavy atom. The third kappa shape index (κ3) is 4.84. The normalized spacial score (nSPS) is 10.2. The number of ether oxygens (including phenoxy) is 1. The quantitative estimate of drug-likeness (QED) is 0.882. The lowest BCUT2D eigenvalue weighted by atomic mass is 10.1. The summed E-state index contributed by atoms with van der Waals surface area (Å²) in [6, 6.07) is 11.0. The van der Waals surface area contributed by atoms with E-state index in [0.29, 0.717) is 11.4 Å². The lowest BCUT2D eigenvalue weighted by Gasteiger charge is -2.13. The minimum atomic E-state index is -0.227. The number of carbonyl (C=O) groups excluding carboxylic acids is 2. The number of benzene rings is 2. The Balaban J connectivity index is 1.98. The molecule has 0 aliphatic rings. The number of anilines is 2. The van der Waals surface area contributed by atoms with Crippen molar-refractivity contribution in [3.8, 4) is 5.75 Å². The Morgan fingerprint density at radius 3 is 2.29 bits per heavy atom. The minimum Gasteiger partial charge on any atom is -0.484 e. The van der Waals surface area contributed by atoms with Crippen molar-refractivity contribution in [2.45, 2.75) is 27.7 Å². The molecule has 0 bridgehead atoms. The van der Waals surface area contributed by atoms with Crippen molar-refractivity contribution in [1.29, 1.82) is 0 Å². The first-order valence-electron chi connectivity index (χ1n) is 7.73. The highest BCUT2D eigenvalue weighted by molar-refractivity contribution is 5.93.